The van der Waals surface area contributed by atoms with E-state index in [0.717, 1.165) is 19.4 Å². The molecule has 1 aliphatic heterocycles. The highest BCUT2D eigenvalue weighted by molar-refractivity contribution is 5.87. The maximum atomic E-state index is 11.9. The number of nitriles is 1. The summed E-state index contributed by atoms with van der Waals surface area (Å²) in [6.07, 6.45) is 5.63. The largest absolute Gasteiger partial charge is 0.381 e. The van der Waals surface area contributed by atoms with E-state index in [-0.39, 0.29) is 11.9 Å². The van der Waals surface area contributed by atoms with Gasteiger partial charge in [-0.15, -0.1) is 0 Å². The monoisotopic (exact) mass is 236 g/mol. The Hall–Kier alpha value is -1.34. The van der Waals surface area contributed by atoms with Gasteiger partial charge in [-0.1, -0.05) is 13.0 Å². The normalized spacial score (nSPS) is 24.9. The Bertz CT molecular complexity index is 320. The van der Waals surface area contributed by atoms with Gasteiger partial charge >= 0.3 is 0 Å². The number of hydrogen-bond donors (Lipinski definition) is 0. The molecule has 0 aromatic rings. The molecule has 17 heavy (non-hydrogen) atoms. The molecule has 0 aliphatic carbocycles. The van der Waals surface area contributed by atoms with Crippen molar-refractivity contribution in [3.05, 3.63) is 12.2 Å². The molecule has 1 unspecified atom stereocenters. The van der Waals surface area contributed by atoms with Crippen molar-refractivity contribution in [3.8, 4) is 6.07 Å². The summed E-state index contributed by atoms with van der Waals surface area (Å²) >= 11 is 0. The van der Waals surface area contributed by atoms with E-state index in [1.54, 1.807) is 19.3 Å². The lowest BCUT2D eigenvalue weighted by Crippen LogP contribution is -2.44. The number of piperidine rings is 1. The summed E-state index contributed by atoms with van der Waals surface area (Å²) in [6.45, 7) is 3.37. The molecule has 1 amide bonds. The summed E-state index contributed by atoms with van der Waals surface area (Å²) < 4.78 is 4.86. The number of methoxy groups -OCH3 is 1. The van der Waals surface area contributed by atoms with Crippen LogP contribution in [0.25, 0.3) is 0 Å². The van der Waals surface area contributed by atoms with Crippen molar-refractivity contribution >= 4 is 5.91 Å². The maximum absolute atomic E-state index is 11.9. The zero-order valence-electron chi connectivity index (χ0n) is 10.6. The third kappa shape index (κ3) is 4.20. The molecular formula is C13H20N2O2. The fraction of sp³-hybridized carbons (Fsp3) is 0.692. The number of ether oxygens (including phenoxy) is 1. The smallest absolute Gasteiger partial charge is 0.246 e. The third-order valence-corrected chi connectivity index (χ3v) is 3.11. The summed E-state index contributed by atoms with van der Waals surface area (Å²) in [5, 5.41) is 8.79. The molecule has 0 bridgehead atoms. The molecule has 0 N–H and O–H groups in total. The summed E-state index contributed by atoms with van der Waals surface area (Å²) in [6, 6.07) is 2.24. The first-order chi connectivity index (χ1) is 8.19. The van der Waals surface area contributed by atoms with Gasteiger partial charge in [-0.25, -0.2) is 0 Å². The van der Waals surface area contributed by atoms with Gasteiger partial charge in [-0.3, -0.25) is 4.79 Å². The van der Waals surface area contributed by atoms with Crippen LogP contribution in [0.4, 0.5) is 0 Å². The molecule has 1 saturated heterocycles. The summed E-state index contributed by atoms with van der Waals surface area (Å²) in [7, 11) is 1.59. The van der Waals surface area contributed by atoms with Gasteiger partial charge in [0.2, 0.25) is 5.91 Å². The molecule has 4 heteroatoms. The Balaban J connectivity index is 2.60. The zero-order chi connectivity index (χ0) is 12.7. The third-order valence-electron chi connectivity index (χ3n) is 3.11. The van der Waals surface area contributed by atoms with E-state index >= 15 is 0 Å². The van der Waals surface area contributed by atoms with E-state index in [1.165, 1.54) is 0 Å². The van der Waals surface area contributed by atoms with Crippen LogP contribution in [0, 0.1) is 17.2 Å². The second-order valence-corrected chi connectivity index (χ2v) is 4.53. The van der Waals surface area contributed by atoms with Crippen molar-refractivity contribution in [2.24, 2.45) is 5.92 Å². The predicted octanol–water partition coefficient (Wildman–Crippen LogP) is 1.73. The van der Waals surface area contributed by atoms with Gasteiger partial charge in [0, 0.05) is 25.8 Å². The Morgan fingerprint density at radius 3 is 3.06 bits per heavy atom. The first kappa shape index (κ1) is 13.7. The number of hydrogen-bond acceptors (Lipinski definition) is 3. The molecule has 0 radical (unpaired) electrons. The number of likely N-dealkylation sites (tertiary alicyclic amines) is 1. The van der Waals surface area contributed by atoms with Crippen LogP contribution in [0.1, 0.15) is 26.2 Å². The van der Waals surface area contributed by atoms with Crippen LogP contribution in [0.2, 0.25) is 0 Å². The summed E-state index contributed by atoms with van der Waals surface area (Å²) in [4.78, 5) is 13.8. The molecule has 1 heterocycles. The quantitative estimate of drug-likeness (QED) is 0.698. The van der Waals surface area contributed by atoms with Gasteiger partial charge in [0.1, 0.15) is 0 Å². The molecule has 1 rings (SSSR count). The van der Waals surface area contributed by atoms with E-state index in [0.29, 0.717) is 18.9 Å². The molecule has 0 saturated carbocycles. The second-order valence-electron chi connectivity index (χ2n) is 4.53. The standard InChI is InChI=1S/C13H20N2O2/c1-11-6-8-15(12(10-11)5-7-14)13(16)4-3-9-17-2/h3-4,11-12H,5-6,8-10H2,1-2H3/b4-3+/t11?,12-/m1/s1. The molecule has 0 aromatic carbocycles. The number of amides is 1. The number of rotatable bonds is 4. The fourth-order valence-electron chi connectivity index (χ4n) is 2.18. The highest BCUT2D eigenvalue weighted by Crippen LogP contribution is 2.24. The van der Waals surface area contributed by atoms with Crippen LogP contribution in [0.5, 0.6) is 0 Å². The number of carbonyl (C=O) groups is 1. The molecule has 2 atom stereocenters. The molecule has 4 nitrogen and oxygen atoms in total. The number of carbonyl (C=O) groups excluding carboxylic acids is 1. The maximum Gasteiger partial charge on any atom is 0.246 e. The Kier molecular flexibility index (Phi) is 5.71. The fourth-order valence-corrected chi connectivity index (χ4v) is 2.18. The molecule has 0 spiro atoms. The van der Waals surface area contributed by atoms with Crippen LogP contribution in [0.15, 0.2) is 12.2 Å². The molecular weight excluding hydrogens is 216 g/mol. The molecule has 0 aromatic heterocycles. The topological polar surface area (TPSA) is 53.3 Å². The van der Waals surface area contributed by atoms with E-state index in [4.69, 9.17) is 10.00 Å². The van der Waals surface area contributed by atoms with Crippen LogP contribution in [-0.2, 0) is 9.53 Å². The van der Waals surface area contributed by atoms with Gasteiger partial charge in [0.05, 0.1) is 19.1 Å². The van der Waals surface area contributed by atoms with E-state index < -0.39 is 0 Å². The lowest BCUT2D eigenvalue weighted by Gasteiger charge is -2.36. The minimum absolute atomic E-state index is 0.00537. The van der Waals surface area contributed by atoms with Gasteiger partial charge < -0.3 is 9.64 Å². The first-order valence-electron chi connectivity index (χ1n) is 6.02. The lowest BCUT2D eigenvalue weighted by molar-refractivity contribution is -0.130. The van der Waals surface area contributed by atoms with Crippen molar-refractivity contribution in [2.75, 3.05) is 20.3 Å². The second kappa shape index (κ2) is 7.08. The summed E-state index contributed by atoms with van der Waals surface area (Å²) in [5.41, 5.74) is 0. The van der Waals surface area contributed by atoms with Crippen LogP contribution >= 0.6 is 0 Å². The highest BCUT2D eigenvalue weighted by Gasteiger charge is 2.28. The van der Waals surface area contributed by atoms with Gasteiger partial charge in [-0.05, 0) is 18.8 Å². The van der Waals surface area contributed by atoms with Crippen LogP contribution in [-0.4, -0.2) is 37.1 Å². The average molecular weight is 236 g/mol. The molecule has 1 fully saturated rings. The average Bonchev–Trinajstić information content (AvgIpc) is 2.30. The van der Waals surface area contributed by atoms with E-state index in [2.05, 4.69) is 13.0 Å². The molecule has 1 aliphatic rings. The van der Waals surface area contributed by atoms with Gasteiger partial charge in [0.25, 0.3) is 0 Å². The first-order valence-corrected chi connectivity index (χ1v) is 6.02. The van der Waals surface area contributed by atoms with Crippen molar-refractivity contribution in [2.45, 2.75) is 32.2 Å². The van der Waals surface area contributed by atoms with Gasteiger partial charge in [0.15, 0.2) is 0 Å². The van der Waals surface area contributed by atoms with E-state index in [9.17, 15) is 4.79 Å². The zero-order valence-corrected chi connectivity index (χ0v) is 10.6. The minimum atomic E-state index is -0.00537. The van der Waals surface area contributed by atoms with Gasteiger partial charge in [-0.2, -0.15) is 5.26 Å². The van der Waals surface area contributed by atoms with Crippen molar-refractivity contribution in [1.29, 1.82) is 5.26 Å². The van der Waals surface area contributed by atoms with Crippen molar-refractivity contribution < 1.29 is 9.53 Å². The van der Waals surface area contributed by atoms with Crippen molar-refractivity contribution in [3.63, 3.8) is 0 Å². The Labute approximate surface area is 103 Å². The summed E-state index contributed by atoms with van der Waals surface area (Å²) in [5.74, 6) is 0.592. The highest BCUT2D eigenvalue weighted by atomic mass is 16.5. The predicted molar refractivity (Wildman–Crippen MR) is 65.1 cm³/mol. The Morgan fingerprint density at radius 1 is 1.65 bits per heavy atom. The minimum Gasteiger partial charge on any atom is -0.381 e. The SMILES string of the molecule is COC/C=C/C(=O)N1CCC(C)C[C@H]1CC#N. The molecule has 94 valence electrons. The van der Waals surface area contributed by atoms with E-state index in [1.807, 2.05) is 4.90 Å². The Morgan fingerprint density at radius 2 is 2.41 bits per heavy atom. The van der Waals surface area contributed by atoms with Crippen LogP contribution < -0.4 is 0 Å². The van der Waals surface area contributed by atoms with Crippen molar-refractivity contribution in [1.82, 2.24) is 4.90 Å². The lowest BCUT2D eigenvalue weighted by atomic mass is 9.91. The van der Waals surface area contributed by atoms with Crippen LogP contribution in [0.3, 0.4) is 0 Å². The number of nitrogens with zero attached hydrogens (tertiary/aromatic N) is 2.